The third-order valence-electron chi connectivity index (χ3n) is 3.85. The normalized spacial score (nSPS) is 10.1. The van der Waals surface area contributed by atoms with Crippen LogP contribution >= 0.6 is 0 Å². The zero-order valence-corrected chi connectivity index (χ0v) is 15.1. The van der Waals surface area contributed by atoms with Crippen molar-refractivity contribution in [3.05, 3.63) is 72.1 Å². The van der Waals surface area contributed by atoms with Gasteiger partial charge in [-0.15, -0.1) is 0 Å². The Morgan fingerprint density at radius 1 is 0.963 bits per heavy atom. The second-order valence-electron chi connectivity index (χ2n) is 5.68. The molecule has 2 aromatic carbocycles. The minimum absolute atomic E-state index is 0.287. The van der Waals surface area contributed by atoms with Crippen LogP contribution in [0.1, 0.15) is 15.9 Å². The van der Waals surface area contributed by atoms with Crippen LogP contribution in [0, 0.1) is 0 Å². The van der Waals surface area contributed by atoms with Crippen molar-refractivity contribution in [1.29, 1.82) is 0 Å². The quantitative estimate of drug-likeness (QED) is 0.669. The van der Waals surface area contributed by atoms with Gasteiger partial charge in [0.2, 0.25) is 5.95 Å². The van der Waals surface area contributed by atoms with E-state index in [4.69, 9.17) is 9.47 Å². The third kappa shape index (κ3) is 4.94. The van der Waals surface area contributed by atoms with E-state index in [1.165, 1.54) is 12.4 Å². The van der Waals surface area contributed by atoms with Gasteiger partial charge < -0.3 is 20.1 Å². The lowest BCUT2D eigenvalue weighted by Gasteiger charge is -2.08. The van der Waals surface area contributed by atoms with Crippen LogP contribution in [0.3, 0.4) is 0 Å². The Bertz CT molecular complexity index is 896. The first-order valence-corrected chi connectivity index (χ1v) is 8.32. The molecule has 0 aliphatic carbocycles. The fourth-order valence-electron chi connectivity index (χ4n) is 2.37. The molecule has 0 unspecified atom stereocenters. The molecule has 0 spiro atoms. The Hall–Kier alpha value is -3.61. The highest BCUT2D eigenvalue weighted by atomic mass is 16.5. The van der Waals surface area contributed by atoms with Gasteiger partial charge in [-0.2, -0.15) is 0 Å². The molecule has 3 rings (SSSR count). The molecule has 0 atom stereocenters. The minimum atomic E-state index is -0.287. The molecule has 1 aromatic heterocycles. The first kappa shape index (κ1) is 18.2. The van der Waals surface area contributed by atoms with Crippen molar-refractivity contribution in [3.8, 4) is 11.5 Å². The highest BCUT2D eigenvalue weighted by molar-refractivity contribution is 6.03. The molecule has 1 heterocycles. The maximum Gasteiger partial charge on any atom is 0.258 e. The third-order valence-corrected chi connectivity index (χ3v) is 3.85. The number of anilines is 2. The number of nitrogens with one attached hydrogen (secondary N) is 2. The smallest absolute Gasteiger partial charge is 0.258 e. The summed E-state index contributed by atoms with van der Waals surface area (Å²) in [5, 5.41) is 5.91. The van der Waals surface area contributed by atoms with Crippen molar-refractivity contribution in [2.24, 2.45) is 0 Å². The predicted octanol–water partition coefficient (Wildman–Crippen LogP) is 3.36. The molecule has 7 nitrogen and oxygen atoms in total. The number of aromatic nitrogens is 2. The maximum atomic E-state index is 12.3. The van der Waals surface area contributed by atoms with Gasteiger partial charge in [-0.05, 0) is 29.8 Å². The second-order valence-corrected chi connectivity index (χ2v) is 5.68. The molecule has 0 radical (unpaired) electrons. The summed E-state index contributed by atoms with van der Waals surface area (Å²) in [5.41, 5.74) is 2.08. The molecule has 0 saturated carbocycles. The SMILES string of the molecule is COc1ccc(CNc2ncc(C(=O)Nc3cccc(OC)c3)cn2)cc1. The van der Waals surface area contributed by atoms with Crippen LogP contribution in [0.25, 0.3) is 0 Å². The number of nitrogens with zero attached hydrogens (tertiary/aromatic N) is 2. The van der Waals surface area contributed by atoms with Gasteiger partial charge in [0.1, 0.15) is 11.5 Å². The minimum Gasteiger partial charge on any atom is -0.497 e. The van der Waals surface area contributed by atoms with Gasteiger partial charge >= 0.3 is 0 Å². The Morgan fingerprint density at radius 2 is 1.67 bits per heavy atom. The van der Waals surface area contributed by atoms with Crippen molar-refractivity contribution in [3.63, 3.8) is 0 Å². The van der Waals surface area contributed by atoms with Crippen LogP contribution in [0.15, 0.2) is 60.9 Å². The van der Waals surface area contributed by atoms with Gasteiger partial charge in [-0.25, -0.2) is 9.97 Å². The summed E-state index contributed by atoms with van der Waals surface area (Å²) >= 11 is 0. The first-order valence-electron chi connectivity index (χ1n) is 8.32. The number of benzene rings is 2. The molecule has 0 bridgehead atoms. The maximum absolute atomic E-state index is 12.3. The van der Waals surface area contributed by atoms with Crippen molar-refractivity contribution in [2.75, 3.05) is 24.9 Å². The summed E-state index contributed by atoms with van der Waals surface area (Å²) < 4.78 is 10.3. The number of carbonyl (C=O) groups is 1. The number of methoxy groups -OCH3 is 2. The lowest BCUT2D eigenvalue weighted by atomic mass is 10.2. The average Bonchev–Trinajstić information content (AvgIpc) is 2.73. The van der Waals surface area contributed by atoms with Gasteiger partial charge in [-0.1, -0.05) is 18.2 Å². The monoisotopic (exact) mass is 364 g/mol. The summed E-state index contributed by atoms with van der Waals surface area (Å²) in [6, 6.07) is 14.8. The van der Waals surface area contributed by atoms with E-state index in [1.807, 2.05) is 30.3 Å². The van der Waals surface area contributed by atoms with E-state index < -0.39 is 0 Å². The Balaban J connectivity index is 1.57. The van der Waals surface area contributed by atoms with E-state index in [-0.39, 0.29) is 5.91 Å². The molecule has 138 valence electrons. The summed E-state index contributed by atoms with van der Waals surface area (Å²) in [7, 11) is 3.21. The lowest BCUT2D eigenvalue weighted by molar-refractivity contribution is 0.102. The van der Waals surface area contributed by atoms with Crippen molar-refractivity contribution in [2.45, 2.75) is 6.54 Å². The largest absolute Gasteiger partial charge is 0.497 e. The average molecular weight is 364 g/mol. The van der Waals surface area contributed by atoms with E-state index >= 15 is 0 Å². The molecule has 0 fully saturated rings. The van der Waals surface area contributed by atoms with Crippen LogP contribution in [0.4, 0.5) is 11.6 Å². The van der Waals surface area contributed by atoms with Gasteiger partial charge in [0, 0.05) is 30.7 Å². The molecule has 2 N–H and O–H groups in total. The molecule has 0 saturated heterocycles. The molecular weight excluding hydrogens is 344 g/mol. The fourth-order valence-corrected chi connectivity index (χ4v) is 2.37. The lowest BCUT2D eigenvalue weighted by Crippen LogP contribution is -2.13. The van der Waals surface area contributed by atoms with E-state index in [0.29, 0.717) is 29.5 Å². The van der Waals surface area contributed by atoms with Crippen molar-refractivity contribution >= 4 is 17.5 Å². The topological polar surface area (TPSA) is 85.4 Å². The summed E-state index contributed by atoms with van der Waals surface area (Å²) in [6.07, 6.45) is 2.97. The second kappa shape index (κ2) is 8.66. The Morgan fingerprint density at radius 3 is 2.33 bits per heavy atom. The molecule has 7 heteroatoms. The molecule has 0 aliphatic heterocycles. The number of amides is 1. The zero-order valence-electron chi connectivity index (χ0n) is 15.1. The summed E-state index contributed by atoms with van der Waals surface area (Å²) in [4.78, 5) is 20.7. The van der Waals surface area contributed by atoms with Crippen LogP contribution in [0.5, 0.6) is 11.5 Å². The van der Waals surface area contributed by atoms with Gasteiger partial charge in [0.05, 0.1) is 19.8 Å². The Kier molecular flexibility index (Phi) is 5.84. The molecule has 0 aliphatic rings. The predicted molar refractivity (Wildman–Crippen MR) is 103 cm³/mol. The Labute approximate surface area is 157 Å². The van der Waals surface area contributed by atoms with Crippen LogP contribution in [-0.4, -0.2) is 30.1 Å². The highest BCUT2D eigenvalue weighted by Crippen LogP contribution is 2.17. The highest BCUT2D eigenvalue weighted by Gasteiger charge is 2.08. The standard InChI is InChI=1S/C20H20N4O3/c1-26-17-8-6-14(7-9-17)11-21-20-22-12-15(13-23-20)19(25)24-16-4-3-5-18(10-16)27-2/h3-10,12-13H,11H2,1-2H3,(H,24,25)(H,21,22,23). The number of carbonyl (C=O) groups excluding carboxylic acids is 1. The first-order chi connectivity index (χ1) is 13.2. The van der Waals surface area contributed by atoms with E-state index in [1.54, 1.807) is 32.4 Å². The molecular formula is C20H20N4O3. The van der Waals surface area contributed by atoms with Crippen molar-refractivity contribution in [1.82, 2.24) is 9.97 Å². The molecule has 3 aromatic rings. The number of hydrogen-bond acceptors (Lipinski definition) is 6. The fraction of sp³-hybridized carbons (Fsp3) is 0.150. The molecule has 1 amide bonds. The summed E-state index contributed by atoms with van der Waals surface area (Å²) in [5.74, 6) is 1.64. The van der Waals surface area contributed by atoms with Gasteiger partial charge in [0.25, 0.3) is 5.91 Å². The van der Waals surface area contributed by atoms with Crippen LogP contribution < -0.4 is 20.1 Å². The van der Waals surface area contributed by atoms with Gasteiger partial charge in [-0.3, -0.25) is 4.79 Å². The zero-order chi connectivity index (χ0) is 19.1. The van der Waals surface area contributed by atoms with Crippen LogP contribution in [-0.2, 0) is 6.54 Å². The summed E-state index contributed by atoms with van der Waals surface area (Å²) in [6.45, 7) is 0.569. The number of hydrogen-bond donors (Lipinski definition) is 2. The number of ether oxygens (including phenoxy) is 2. The van der Waals surface area contributed by atoms with Gasteiger partial charge in [0.15, 0.2) is 0 Å². The number of rotatable bonds is 7. The molecule has 27 heavy (non-hydrogen) atoms. The van der Waals surface area contributed by atoms with E-state index in [9.17, 15) is 4.79 Å². The van der Waals surface area contributed by atoms with E-state index in [0.717, 1.165) is 11.3 Å². The van der Waals surface area contributed by atoms with E-state index in [2.05, 4.69) is 20.6 Å². The van der Waals surface area contributed by atoms with Crippen molar-refractivity contribution < 1.29 is 14.3 Å². The van der Waals surface area contributed by atoms with Crippen LogP contribution in [0.2, 0.25) is 0 Å².